The van der Waals surface area contributed by atoms with Crippen LogP contribution < -0.4 is 5.32 Å². The number of aliphatic imine (C=N–C) groups is 1. The minimum absolute atomic E-state index is 0. The number of amides is 1. The Labute approximate surface area is 174 Å². The average molecular weight is 479 g/mol. The number of rotatable bonds is 2. The number of nitrogens with one attached hydrogen (secondary N) is 1. The van der Waals surface area contributed by atoms with Crippen molar-refractivity contribution in [2.75, 3.05) is 52.9 Å². The first-order valence-corrected chi connectivity index (χ1v) is 9.53. The third kappa shape index (κ3) is 5.61. The van der Waals surface area contributed by atoms with E-state index in [4.69, 9.17) is 9.73 Å². The van der Waals surface area contributed by atoms with E-state index in [0.717, 1.165) is 32.1 Å². The molecule has 3 aliphatic rings. The zero-order valence-corrected chi connectivity index (χ0v) is 18.9. The van der Waals surface area contributed by atoms with Crippen LogP contribution in [0.4, 0.5) is 4.79 Å². The summed E-state index contributed by atoms with van der Waals surface area (Å²) >= 11 is 0. The summed E-state index contributed by atoms with van der Waals surface area (Å²) < 4.78 is 5.50. The lowest BCUT2D eigenvalue weighted by molar-refractivity contribution is 0.0137. The molecule has 0 spiro atoms. The van der Waals surface area contributed by atoms with Crippen molar-refractivity contribution in [1.82, 2.24) is 20.0 Å². The fraction of sp³-hybridized carbons (Fsp3) is 0.889. The molecule has 0 aromatic rings. The first-order chi connectivity index (χ1) is 11.8. The Morgan fingerprint density at radius 2 is 2.04 bits per heavy atom. The largest absolute Gasteiger partial charge is 0.444 e. The van der Waals surface area contributed by atoms with Crippen molar-refractivity contribution in [2.24, 2.45) is 10.9 Å². The lowest BCUT2D eigenvalue weighted by atomic mass is 9.98. The molecule has 1 N–H and O–H groups in total. The van der Waals surface area contributed by atoms with Crippen LogP contribution in [0.25, 0.3) is 0 Å². The van der Waals surface area contributed by atoms with Crippen LogP contribution in [0.5, 0.6) is 0 Å². The van der Waals surface area contributed by atoms with Gasteiger partial charge in [-0.2, -0.15) is 0 Å². The van der Waals surface area contributed by atoms with Gasteiger partial charge < -0.3 is 24.8 Å². The summed E-state index contributed by atoms with van der Waals surface area (Å²) in [4.78, 5) is 23.5. The van der Waals surface area contributed by atoms with Crippen molar-refractivity contribution in [3.8, 4) is 0 Å². The molecule has 8 heteroatoms. The molecule has 3 aliphatic heterocycles. The lowest BCUT2D eigenvalue weighted by Gasteiger charge is -2.39. The Balaban J connectivity index is 0.00000243. The molecule has 0 radical (unpaired) electrons. The van der Waals surface area contributed by atoms with Gasteiger partial charge in [0.1, 0.15) is 5.60 Å². The molecule has 1 amide bonds. The van der Waals surface area contributed by atoms with Crippen molar-refractivity contribution in [2.45, 2.75) is 45.3 Å². The minimum atomic E-state index is -0.444. The predicted molar refractivity (Wildman–Crippen MR) is 114 cm³/mol. The molecule has 0 aromatic carbocycles. The third-order valence-electron chi connectivity index (χ3n) is 5.13. The van der Waals surface area contributed by atoms with Gasteiger partial charge in [-0.05, 0) is 53.1 Å². The number of carbonyl (C=O) groups is 1. The topological polar surface area (TPSA) is 60.4 Å². The van der Waals surface area contributed by atoms with Gasteiger partial charge >= 0.3 is 6.09 Å². The molecule has 0 saturated carbocycles. The van der Waals surface area contributed by atoms with Crippen LogP contribution in [0.3, 0.4) is 0 Å². The molecule has 2 unspecified atom stereocenters. The SMILES string of the molecule is CN1CCCC(CNC2=NCC3CN(C(=O)OC(C)(C)C)CCN23)C1.I. The monoisotopic (exact) mass is 479 g/mol. The van der Waals surface area contributed by atoms with Gasteiger partial charge in [0, 0.05) is 32.7 Å². The second kappa shape index (κ2) is 8.95. The summed E-state index contributed by atoms with van der Waals surface area (Å²) in [7, 11) is 2.20. The van der Waals surface area contributed by atoms with Crippen molar-refractivity contribution >= 4 is 36.0 Å². The van der Waals surface area contributed by atoms with Crippen molar-refractivity contribution < 1.29 is 9.53 Å². The Bertz CT molecular complexity index is 522. The quantitative estimate of drug-likeness (QED) is 0.613. The molecule has 2 saturated heterocycles. The van der Waals surface area contributed by atoms with Crippen molar-refractivity contribution in [3.05, 3.63) is 0 Å². The van der Waals surface area contributed by atoms with Crippen LogP contribution in [0.2, 0.25) is 0 Å². The second-order valence-corrected chi connectivity index (χ2v) is 8.59. The normalized spacial score (nSPS) is 26.7. The second-order valence-electron chi connectivity index (χ2n) is 8.59. The van der Waals surface area contributed by atoms with E-state index in [9.17, 15) is 4.79 Å². The molecule has 7 nitrogen and oxygen atoms in total. The molecule has 26 heavy (non-hydrogen) atoms. The van der Waals surface area contributed by atoms with E-state index in [1.54, 1.807) is 0 Å². The van der Waals surface area contributed by atoms with Crippen LogP contribution in [-0.2, 0) is 4.74 Å². The van der Waals surface area contributed by atoms with E-state index in [2.05, 4.69) is 22.2 Å². The summed E-state index contributed by atoms with van der Waals surface area (Å²) in [6, 6.07) is 0.276. The van der Waals surface area contributed by atoms with Crippen LogP contribution >= 0.6 is 24.0 Å². The Morgan fingerprint density at radius 3 is 2.73 bits per heavy atom. The van der Waals surface area contributed by atoms with Gasteiger partial charge in [-0.25, -0.2) is 4.79 Å². The number of piperidine rings is 1. The highest BCUT2D eigenvalue weighted by molar-refractivity contribution is 14.0. The van der Waals surface area contributed by atoms with Gasteiger partial charge in [0.15, 0.2) is 5.96 Å². The van der Waals surface area contributed by atoms with Gasteiger partial charge in [0.25, 0.3) is 0 Å². The van der Waals surface area contributed by atoms with E-state index in [-0.39, 0.29) is 36.1 Å². The number of nitrogens with zero attached hydrogens (tertiary/aromatic N) is 4. The van der Waals surface area contributed by atoms with E-state index in [1.807, 2.05) is 25.7 Å². The predicted octanol–water partition coefficient (Wildman–Crippen LogP) is 1.83. The molecule has 3 heterocycles. The molecule has 0 bridgehead atoms. The summed E-state index contributed by atoms with van der Waals surface area (Å²) in [6.07, 6.45) is 2.37. The maximum absolute atomic E-state index is 12.3. The molecular formula is C18H34IN5O2. The smallest absolute Gasteiger partial charge is 0.410 e. The number of hydrogen-bond donors (Lipinski definition) is 1. The van der Waals surface area contributed by atoms with Gasteiger partial charge in [-0.1, -0.05) is 0 Å². The maximum Gasteiger partial charge on any atom is 0.410 e. The van der Waals surface area contributed by atoms with Gasteiger partial charge in [-0.15, -0.1) is 24.0 Å². The molecule has 150 valence electrons. The van der Waals surface area contributed by atoms with Crippen molar-refractivity contribution in [1.29, 1.82) is 0 Å². The number of guanidine groups is 1. The summed E-state index contributed by atoms with van der Waals surface area (Å²) in [5, 5.41) is 3.57. The highest BCUT2D eigenvalue weighted by Gasteiger charge is 2.36. The Hall–Kier alpha value is -0.770. The fourth-order valence-corrected chi connectivity index (χ4v) is 3.90. The highest BCUT2D eigenvalue weighted by atomic mass is 127. The molecule has 0 aliphatic carbocycles. The summed E-state index contributed by atoms with van der Waals surface area (Å²) in [6.45, 7) is 12.0. The van der Waals surface area contributed by atoms with E-state index < -0.39 is 5.60 Å². The van der Waals surface area contributed by atoms with Gasteiger partial charge in [0.2, 0.25) is 0 Å². The summed E-state index contributed by atoms with van der Waals surface area (Å²) in [5.41, 5.74) is -0.444. The van der Waals surface area contributed by atoms with Crippen LogP contribution in [0.1, 0.15) is 33.6 Å². The highest BCUT2D eigenvalue weighted by Crippen LogP contribution is 2.19. The summed E-state index contributed by atoms with van der Waals surface area (Å²) in [5.74, 6) is 1.71. The number of carbonyl (C=O) groups excluding carboxylic acids is 1. The van der Waals surface area contributed by atoms with Crippen LogP contribution in [-0.4, -0.2) is 91.3 Å². The zero-order valence-electron chi connectivity index (χ0n) is 16.5. The van der Waals surface area contributed by atoms with E-state index in [1.165, 1.54) is 19.4 Å². The number of likely N-dealkylation sites (tertiary alicyclic amines) is 1. The molecule has 2 atom stereocenters. The number of ether oxygens (including phenoxy) is 1. The molecular weight excluding hydrogens is 445 g/mol. The fourth-order valence-electron chi connectivity index (χ4n) is 3.90. The molecule has 3 rings (SSSR count). The Kier molecular flexibility index (Phi) is 7.41. The Morgan fingerprint density at radius 1 is 1.27 bits per heavy atom. The molecule has 0 aromatic heterocycles. The number of halogens is 1. The van der Waals surface area contributed by atoms with E-state index >= 15 is 0 Å². The zero-order chi connectivity index (χ0) is 18.0. The first kappa shape index (κ1) is 21.5. The number of hydrogen-bond acceptors (Lipinski definition) is 6. The van der Waals surface area contributed by atoms with Crippen LogP contribution in [0.15, 0.2) is 4.99 Å². The van der Waals surface area contributed by atoms with Crippen LogP contribution in [0, 0.1) is 5.92 Å². The van der Waals surface area contributed by atoms with Gasteiger partial charge in [-0.3, -0.25) is 4.99 Å². The van der Waals surface area contributed by atoms with Crippen molar-refractivity contribution in [3.63, 3.8) is 0 Å². The third-order valence-corrected chi connectivity index (χ3v) is 5.13. The number of piperazine rings is 1. The number of fused-ring (bicyclic) bond motifs is 1. The van der Waals surface area contributed by atoms with E-state index in [0.29, 0.717) is 19.0 Å². The average Bonchev–Trinajstić information content (AvgIpc) is 2.93. The lowest BCUT2D eigenvalue weighted by Crippen LogP contribution is -2.58. The maximum atomic E-state index is 12.3. The van der Waals surface area contributed by atoms with Gasteiger partial charge in [0.05, 0.1) is 12.6 Å². The minimum Gasteiger partial charge on any atom is -0.444 e. The molecule has 2 fully saturated rings. The first-order valence-electron chi connectivity index (χ1n) is 9.53. The standard InChI is InChI=1S/C18H33N5O2.HI/c1-18(2,3)25-17(24)22-8-9-23-15(13-22)11-20-16(23)19-10-14-6-5-7-21(4)12-14;/h14-15H,5-13H2,1-4H3,(H,19,20);1H.